The largest absolute Gasteiger partial charge is 0.492 e. The molecule has 2 aromatic rings. The standard InChI is InChI=1S/C13H11ClN2O3/c14-10-1-2-12-8(4-10)3-9(6-18-12)13(17)16-11-5-15-19-7-11/h1-2,4-5,7,9H,3,6H2,(H,16,17). The van der Waals surface area contributed by atoms with E-state index in [-0.39, 0.29) is 11.8 Å². The fourth-order valence-electron chi connectivity index (χ4n) is 2.04. The molecule has 1 aromatic heterocycles. The molecule has 0 fully saturated rings. The average Bonchev–Trinajstić information content (AvgIpc) is 2.90. The second-order valence-electron chi connectivity index (χ2n) is 4.37. The van der Waals surface area contributed by atoms with E-state index in [9.17, 15) is 4.79 Å². The first-order valence-electron chi connectivity index (χ1n) is 5.84. The van der Waals surface area contributed by atoms with E-state index in [1.807, 2.05) is 12.1 Å². The maximum Gasteiger partial charge on any atom is 0.231 e. The average molecular weight is 279 g/mol. The Kier molecular flexibility index (Phi) is 3.13. The Morgan fingerprint density at radius 1 is 1.47 bits per heavy atom. The number of amides is 1. The summed E-state index contributed by atoms with van der Waals surface area (Å²) in [5.74, 6) is 0.424. The Morgan fingerprint density at radius 3 is 3.16 bits per heavy atom. The van der Waals surface area contributed by atoms with Crippen LogP contribution in [-0.2, 0) is 11.2 Å². The van der Waals surface area contributed by atoms with Crippen LogP contribution in [0.15, 0.2) is 35.2 Å². The zero-order valence-electron chi connectivity index (χ0n) is 9.93. The summed E-state index contributed by atoms with van der Waals surface area (Å²) >= 11 is 5.94. The molecular weight excluding hydrogens is 268 g/mol. The molecule has 98 valence electrons. The minimum absolute atomic E-state index is 0.117. The van der Waals surface area contributed by atoms with Crippen molar-refractivity contribution in [2.24, 2.45) is 5.92 Å². The van der Waals surface area contributed by atoms with Crippen LogP contribution in [0, 0.1) is 5.92 Å². The summed E-state index contributed by atoms with van der Waals surface area (Å²) in [6.45, 7) is 0.353. The Hall–Kier alpha value is -2.01. The summed E-state index contributed by atoms with van der Waals surface area (Å²) in [5.41, 5.74) is 1.49. The molecule has 1 N–H and O–H groups in total. The van der Waals surface area contributed by atoms with Crippen LogP contribution in [0.25, 0.3) is 0 Å². The lowest BCUT2D eigenvalue weighted by Crippen LogP contribution is -2.32. The van der Waals surface area contributed by atoms with Crippen molar-refractivity contribution in [1.29, 1.82) is 0 Å². The number of ether oxygens (including phenoxy) is 1. The molecule has 0 bridgehead atoms. The fraction of sp³-hybridized carbons (Fsp3) is 0.231. The first-order chi connectivity index (χ1) is 9.22. The molecule has 5 nitrogen and oxygen atoms in total. The molecule has 1 amide bonds. The van der Waals surface area contributed by atoms with E-state index in [4.69, 9.17) is 16.3 Å². The lowest BCUT2D eigenvalue weighted by atomic mass is 9.96. The van der Waals surface area contributed by atoms with Crippen LogP contribution in [0.1, 0.15) is 5.56 Å². The number of anilines is 1. The van der Waals surface area contributed by atoms with Gasteiger partial charge < -0.3 is 14.6 Å². The van der Waals surface area contributed by atoms with Crippen LogP contribution in [0.4, 0.5) is 5.69 Å². The third-order valence-corrected chi connectivity index (χ3v) is 3.23. The number of hydrogen-bond donors (Lipinski definition) is 1. The molecule has 0 spiro atoms. The lowest BCUT2D eigenvalue weighted by molar-refractivity contribution is -0.121. The SMILES string of the molecule is O=C(Nc1cnoc1)C1COc2ccc(Cl)cc2C1. The summed E-state index contributed by atoms with van der Waals surface area (Å²) in [6, 6.07) is 5.43. The monoisotopic (exact) mass is 278 g/mol. The van der Waals surface area contributed by atoms with Gasteiger partial charge in [0.15, 0.2) is 0 Å². The summed E-state index contributed by atoms with van der Waals surface area (Å²) in [7, 11) is 0. The van der Waals surface area contributed by atoms with Crippen LogP contribution in [0.5, 0.6) is 5.75 Å². The van der Waals surface area contributed by atoms with E-state index in [0.29, 0.717) is 23.7 Å². The van der Waals surface area contributed by atoms with Crippen molar-refractivity contribution in [2.45, 2.75) is 6.42 Å². The van der Waals surface area contributed by atoms with Crippen molar-refractivity contribution in [2.75, 3.05) is 11.9 Å². The van der Waals surface area contributed by atoms with Crippen LogP contribution in [-0.4, -0.2) is 17.7 Å². The van der Waals surface area contributed by atoms with Crippen molar-refractivity contribution in [1.82, 2.24) is 5.16 Å². The summed E-state index contributed by atoms with van der Waals surface area (Å²) in [6.07, 6.45) is 3.44. The number of aromatic nitrogens is 1. The minimum Gasteiger partial charge on any atom is -0.492 e. The van der Waals surface area contributed by atoms with Gasteiger partial charge in [0.05, 0.1) is 12.1 Å². The van der Waals surface area contributed by atoms with Gasteiger partial charge in [-0.2, -0.15) is 0 Å². The number of rotatable bonds is 2. The summed E-state index contributed by atoms with van der Waals surface area (Å²) in [4.78, 5) is 12.1. The molecule has 1 unspecified atom stereocenters. The van der Waals surface area contributed by atoms with Gasteiger partial charge in [-0.15, -0.1) is 0 Å². The Labute approximate surface area is 114 Å². The Bertz CT molecular complexity index is 598. The molecule has 0 radical (unpaired) electrons. The number of halogens is 1. The molecule has 19 heavy (non-hydrogen) atoms. The van der Waals surface area contributed by atoms with E-state index < -0.39 is 0 Å². The molecule has 0 saturated carbocycles. The van der Waals surface area contributed by atoms with Crippen molar-refractivity contribution >= 4 is 23.2 Å². The van der Waals surface area contributed by atoms with Crippen molar-refractivity contribution in [3.63, 3.8) is 0 Å². The van der Waals surface area contributed by atoms with E-state index in [2.05, 4.69) is 15.0 Å². The van der Waals surface area contributed by atoms with Gasteiger partial charge in [-0.25, -0.2) is 0 Å². The smallest absolute Gasteiger partial charge is 0.231 e. The van der Waals surface area contributed by atoms with Gasteiger partial charge in [0.2, 0.25) is 5.91 Å². The molecule has 0 saturated heterocycles. The topological polar surface area (TPSA) is 64.4 Å². The molecule has 1 aromatic carbocycles. The van der Waals surface area contributed by atoms with Crippen LogP contribution in [0.2, 0.25) is 5.02 Å². The van der Waals surface area contributed by atoms with Gasteiger partial charge >= 0.3 is 0 Å². The highest BCUT2D eigenvalue weighted by atomic mass is 35.5. The highest BCUT2D eigenvalue weighted by molar-refractivity contribution is 6.30. The Balaban J connectivity index is 1.72. The van der Waals surface area contributed by atoms with Crippen LogP contribution < -0.4 is 10.1 Å². The highest BCUT2D eigenvalue weighted by Crippen LogP contribution is 2.30. The second kappa shape index (κ2) is 4.93. The first kappa shape index (κ1) is 12.0. The summed E-state index contributed by atoms with van der Waals surface area (Å²) < 4.78 is 10.2. The van der Waals surface area contributed by atoms with Crippen LogP contribution in [0.3, 0.4) is 0 Å². The Morgan fingerprint density at radius 2 is 2.37 bits per heavy atom. The highest BCUT2D eigenvalue weighted by Gasteiger charge is 2.26. The zero-order chi connectivity index (χ0) is 13.2. The molecule has 2 heterocycles. The molecule has 6 heteroatoms. The third-order valence-electron chi connectivity index (χ3n) is 3.00. The van der Waals surface area contributed by atoms with Gasteiger partial charge in [-0.1, -0.05) is 16.8 Å². The predicted molar refractivity (Wildman–Crippen MR) is 69.3 cm³/mol. The van der Waals surface area contributed by atoms with Gasteiger partial charge in [-0.05, 0) is 30.2 Å². The van der Waals surface area contributed by atoms with Crippen molar-refractivity contribution < 1.29 is 14.1 Å². The molecule has 1 aliphatic rings. The van der Waals surface area contributed by atoms with E-state index in [0.717, 1.165) is 11.3 Å². The lowest BCUT2D eigenvalue weighted by Gasteiger charge is -2.24. The zero-order valence-corrected chi connectivity index (χ0v) is 10.7. The van der Waals surface area contributed by atoms with Gasteiger partial charge in [0.25, 0.3) is 0 Å². The number of benzene rings is 1. The first-order valence-corrected chi connectivity index (χ1v) is 6.21. The van der Waals surface area contributed by atoms with Gasteiger partial charge in [-0.3, -0.25) is 4.79 Å². The quantitative estimate of drug-likeness (QED) is 0.917. The molecule has 3 rings (SSSR count). The molecule has 1 aliphatic heterocycles. The van der Waals surface area contributed by atoms with Crippen LogP contribution >= 0.6 is 11.6 Å². The van der Waals surface area contributed by atoms with E-state index >= 15 is 0 Å². The fourth-order valence-corrected chi connectivity index (χ4v) is 2.24. The maximum atomic E-state index is 12.1. The van der Waals surface area contributed by atoms with Gasteiger partial charge in [0, 0.05) is 5.02 Å². The number of fused-ring (bicyclic) bond motifs is 1. The second-order valence-corrected chi connectivity index (χ2v) is 4.80. The predicted octanol–water partition coefficient (Wildman–Crippen LogP) is 2.52. The number of carbonyl (C=O) groups is 1. The number of hydrogen-bond acceptors (Lipinski definition) is 4. The molecule has 0 aliphatic carbocycles. The number of nitrogens with one attached hydrogen (secondary N) is 1. The maximum absolute atomic E-state index is 12.1. The minimum atomic E-state index is -0.249. The van der Waals surface area contributed by atoms with Gasteiger partial charge in [0.1, 0.15) is 24.3 Å². The van der Waals surface area contributed by atoms with Crippen molar-refractivity contribution in [3.05, 3.63) is 41.2 Å². The molecular formula is C13H11ClN2O3. The number of nitrogens with zero attached hydrogens (tertiary/aromatic N) is 1. The molecule has 1 atom stereocenters. The third kappa shape index (κ3) is 2.56. The van der Waals surface area contributed by atoms with Crippen molar-refractivity contribution in [3.8, 4) is 5.75 Å². The number of carbonyl (C=O) groups excluding carboxylic acids is 1. The van der Waals surface area contributed by atoms with E-state index in [1.54, 1.807) is 6.07 Å². The van der Waals surface area contributed by atoms with E-state index in [1.165, 1.54) is 12.5 Å². The summed E-state index contributed by atoms with van der Waals surface area (Å²) in [5, 5.41) is 6.90. The normalized spacial score (nSPS) is 17.4.